The molecule has 104 valence electrons. The van der Waals surface area contributed by atoms with E-state index in [0.717, 1.165) is 29.3 Å². The number of rotatable bonds is 7. The van der Waals surface area contributed by atoms with E-state index in [9.17, 15) is 4.79 Å². The van der Waals surface area contributed by atoms with Crippen LogP contribution in [0.1, 0.15) is 24.0 Å². The van der Waals surface area contributed by atoms with Crippen LogP contribution >= 0.6 is 0 Å². The SMILES string of the molecule is COc1cc(C)ccc1CNC(=O)CNCC1CC1. The number of nitrogens with one attached hydrogen (secondary N) is 2. The quantitative estimate of drug-likeness (QED) is 0.785. The number of benzene rings is 1. The largest absolute Gasteiger partial charge is 0.496 e. The summed E-state index contributed by atoms with van der Waals surface area (Å²) in [5, 5.41) is 6.08. The van der Waals surface area contributed by atoms with E-state index < -0.39 is 0 Å². The lowest BCUT2D eigenvalue weighted by atomic mass is 10.1. The summed E-state index contributed by atoms with van der Waals surface area (Å²) in [6, 6.07) is 5.99. The van der Waals surface area contributed by atoms with Crippen molar-refractivity contribution in [3.63, 3.8) is 0 Å². The molecule has 2 rings (SSSR count). The van der Waals surface area contributed by atoms with Gasteiger partial charge in [-0.15, -0.1) is 0 Å². The van der Waals surface area contributed by atoms with Crippen LogP contribution in [0.5, 0.6) is 5.75 Å². The molecule has 0 unspecified atom stereocenters. The van der Waals surface area contributed by atoms with Crippen LogP contribution in [-0.2, 0) is 11.3 Å². The van der Waals surface area contributed by atoms with Crippen molar-refractivity contribution in [1.29, 1.82) is 0 Å². The fourth-order valence-corrected chi connectivity index (χ4v) is 1.97. The molecule has 0 radical (unpaired) electrons. The minimum absolute atomic E-state index is 0.0308. The maximum Gasteiger partial charge on any atom is 0.234 e. The van der Waals surface area contributed by atoms with Crippen molar-refractivity contribution < 1.29 is 9.53 Å². The third-order valence-electron chi connectivity index (χ3n) is 3.33. The van der Waals surface area contributed by atoms with Crippen molar-refractivity contribution in [3.05, 3.63) is 29.3 Å². The highest BCUT2D eigenvalue weighted by Crippen LogP contribution is 2.27. The van der Waals surface area contributed by atoms with Gasteiger partial charge in [0, 0.05) is 12.1 Å². The van der Waals surface area contributed by atoms with Gasteiger partial charge in [-0.2, -0.15) is 0 Å². The van der Waals surface area contributed by atoms with Crippen LogP contribution in [0.3, 0.4) is 0 Å². The van der Waals surface area contributed by atoms with Crippen molar-refractivity contribution >= 4 is 5.91 Å². The summed E-state index contributed by atoms with van der Waals surface area (Å²) < 4.78 is 5.31. The molecule has 1 saturated carbocycles. The van der Waals surface area contributed by atoms with Crippen LogP contribution in [0.4, 0.5) is 0 Å². The Bertz CT molecular complexity index is 442. The maximum atomic E-state index is 11.7. The zero-order valence-electron chi connectivity index (χ0n) is 11.7. The average molecular weight is 262 g/mol. The third-order valence-corrected chi connectivity index (χ3v) is 3.33. The lowest BCUT2D eigenvalue weighted by molar-refractivity contribution is -0.120. The first kappa shape index (κ1) is 13.9. The van der Waals surface area contributed by atoms with Crippen LogP contribution in [0, 0.1) is 12.8 Å². The molecule has 0 spiro atoms. The molecular weight excluding hydrogens is 240 g/mol. The van der Waals surface area contributed by atoms with Crippen LogP contribution in [0.2, 0.25) is 0 Å². The van der Waals surface area contributed by atoms with E-state index in [0.29, 0.717) is 13.1 Å². The molecule has 4 nitrogen and oxygen atoms in total. The van der Waals surface area contributed by atoms with Gasteiger partial charge < -0.3 is 15.4 Å². The van der Waals surface area contributed by atoms with E-state index in [1.54, 1.807) is 7.11 Å². The minimum Gasteiger partial charge on any atom is -0.496 e. The predicted molar refractivity (Wildman–Crippen MR) is 75.2 cm³/mol. The average Bonchev–Trinajstić information content (AvgIpc) is 3.21. The second kappa shape index (κ2) is 6.57. The lowest BCUT2D eigenvalue weighted by Gasteiger charge is -2.11. The number of hydrogen-bond acceptors (Lipinski definition) is 3. The highest BCUT2D eigenvalue weighted by Gasteiger charge is 2.20. The molecule has 19 heavy (non-hydrogen) atoms. The van der Waals surface area contributed by atoms with Crippen molar-refractivity contribution in [3.8, 4) is 5.75 Å². The summed E-state index contributed by atoms with van der Waals surface area (Å²) >= 11 is 0. The Labute approximate surface area is 114 Å². The molecule has 0 saturated heterocycles. The normalized spacial score (nSPS) is 14.2. The molecule has 1 aromatic rings. The first-order valence-electron chi connectivity index (χ1n) is 6.80. The van der Waals surface area contributed by atoms with Crippen LogP contribution in [0.15, 0.2) is 18.2 Å². The summed E-state index contributed by atoms with van der Waals surface area (Å²) in [6.07, 6.45) is 2.60. The van der Waals surface area contributed by atoms with Gasteiger partial charge in [-0.1, -0.05) is 12.1 Å². The molecule has 1 amide bonds. The predicted octanol–water partition coefficient (Wildman–Crippen LogP) is 1.62. The second-order valence-corrected chi connectivity index (χ2v) is 5.17. The number of aryl methyl sites for hydroxylation is 1. The number of amides is 1. The summed E-state index contributed by atoms with van der Waals surface area (Å²) in [6.45, 7) is 3.88. The Hall–Kier alpha value is -1.55. The first-order chi connectivity index (χ1) is 9.19. The molecule has 0 aliphatic heterocycles. The number of ether oxygens (including phenoxy) is 1. The molecule has 4 heteroatoms. The Morgan fingerprint density at radius 3 is 2.89 bits per heavy atom. The van der Waals surface area contributed by atoms with E-state index in [1.165, 1.54) is 12.8 Å². The van der Waals surface area contributed by atoms with Crippen molar-refractivity contribution in [2.24, 2.45) is 5.92 Å². The number of hydrogen-bond donors (Lipinski definition) is 2. The van der Waals surface area contributed by atoms with Gasteiger partial charge in [0.1, 0.15) is 5.75 Å². The van der Waals surface area contributed by atoms with E-state index in [2.05, 4.69) is 10.6 Å². The van der Waals surface area contributed by atoms with Crippen LogP contribution < -0.4 is 15.4 Å². The zero-order chi connectivity index (χ0) is 13.7. The number of carbonyl (C=O) groups excluding carboxylic acids is 1. The molecule has 1 fully saturated rings. The number of methoxy groups -OCH3 is 1. The smallest absolute Gasteiger partial charge is 0.234 e. The highest BCUT2D eigenvalue weighted by molar-refractivity contribution is 5.78. The van der Waals surface area contributed by atoms with Crippen LogP contribution in [-0.4, -0.2) is 26.1 Å². The van der Waals surface area contributed by atoms with Gasteiger partial charge in [-0.05, 0) is 43.9 Å². The molecule has 0 heterocycles. The monoisotopic (exact) mass is 262 g/mol. The fraction of sp³-hybridized carbons (Fsp3) is 0.533. The first-order valence-corrected chi connectivity index (χ1v) is 6.80. The van der Waals surface area contributed by atoms with Crippen LogP contribution in [0.25, 0.3) is 0 Å². The summed E-state index contributed by atoms with van der Waals surface area (Å²) in [7, 11) is 1.65. The molecule has 1 aliphatic rings. The molecule has 1 aliphatic carbocycles. The van der Waals surface area contributed by atoms with E-state index in [-0.39, 0.29) is 5.91 Å². The van der Waals surface area contributed by atoms with Gasteiger partial charge >= 0.3 is 0 Å². The Morgan fingerprint density at radius 1 is 1.42 bits per heavy atom. The second-order valence-electron chi connectivity index (χ2n) is 5.17. The molecule has 2 N–H and O–H groups in total. The topological polar surface area (TPSA) is 50.4 Å². The Balaban J connectivity index is 1.75. The van der Waals surface area contributed by atoms with Gasteiger partial charge in [0.25, 0.3) is 0 Å². The van der Waals surface area contributed by atoms with E-state index in [4.69, 9.17) is 4.74 Å². The Morgan fingerprint density at radius 2 is 2.21 bits per heavy atom. The highest BCUT2D eigenvalue weighted by atomic mass is 16.5. The molecule has 0 atom stereocenters. The van der Waals surface area contributed by atoms with E-state index >= 15 is 0 Å². The molecular formula is C15H22N2O2. The molecule has 1 aromatic carbocycles. The fourth-order valence-electron chi connectivity index (χ4n) is 1.97. The molecule has 0 bridgehead atoms. The maximum absolute atomic E-state index is 11.7. The van der Waals surface area contributed by atoms with Gasteiger partial charge in [0.05, 0.1) is 13.7 Å². The number of carbonyl (C=O) groups is 1. The lowest BCUT2D eigenvalue weighted by Crippen LogP contribution is -2.34. The van der Waals surface area contributed by atoms with Gasteiger partial charge in [0.15, 0.2) is 0 Å². The van der Waals surface area contributed by atoms with Gasteiger partial charge in [-0.3, -0.25) is 4.79 Å². The standard InChI is InChI=1S/C15H22N2O2/c1-11-3-6-13(14(7-11)19-2)9-17-15(18)10-16-8-12-4-5-12/h3,6-7,12,16H,4-5,8-10H2,1-2H3,(H,17,18). The van der Waals surface area contributed by atoms with Crippen molar-refractivity contribution in [1.82, 2.24) is 10.6 Å². The summed E-state index contributed by atoms with van der Waals surface area (Å²) in [5.74, 6) is 1.65. The Kier molecular flexibility index (Phi) is 4.80. The van der Waals surface area contributed by atoms with Gasteiger partial charge in [-0.25, -0.2) is 0 Å². The van der Waals surface area contributed by atoms with Crippen molar-refractivity contribution in [2.75, 3.05) is 20.2 Å². The van der Waals surface area contributed by atoms with Crippen molar-refractivity contribution in [2.45, 2.75) is 26.3 Å². The van der Waals surface area contributed by atoms with Gasteiger partial charge in [0.2, 0.25) is 5.91 Å². The third kappa shape index (κ3) is 4.56. The zero-order valence-corrected chi connectivity index (χ0v) is 11.7. The van der Waals surface area contributed by atoms with E-state index in [1.807, 2.05) is 25.1 Å². The molecule has 0 aromatic heterocycles. The summed E-state index contributed by atoms with van der Waals surface area (Å²) in [4.78, 5) is 11.7. The minimum atomic E-state index is 0.0308. The summed E-state index contributed by atoms with van der Waals surface area (Å²) in [5.41, 5.74) is 2.15.